The highest BCUT2D eigenvalue weighted by Crippen LogP contribution is 2.32. The van der Waals surface area contributed by atoms with Crippen molar-refractivity contribution in [2.75, 3.05) is 0 Å². The first kappa shape index (κ1) is 13.3. The van der Waals surface area contributed by atoms with Gasteiger partial charge in [0.25, 0.3) is 0 Å². The number of thiophene rings is 1. The van der Waals surface area contributed by atoms with Crippen LogP contribution in [0.25, 0.3) is 0 Å². The van der Waals surface area contributed by atoms with Crippen molar-refractivity contribution in [3.63, 3.8) is 0 Å². The van der Waals surface area contributed by atoms with Gasteiger partial charge in [-0.2, -0.15) is 0 Å². The van der Waals surface area contributed by atoms with E-state index in [1.165, 1.54) is 10.5 Å². The molecule has 0 aliphatic heterocycles. The Morgan fingerprint density at radius 3 is 2.88 bits per heavy atom. The zero-order valence-corrected chi connectivity index (χ0v) is 12.7. The third kappa shape index (κ3) is 3.67. The molecule has 0 saturated heterocycles. The molecule has 0 saturated carbocycles. The molecule has 3 heteroatoms. The summed E-state index contributed by atoms with van der Waals surface area (Å²) >= 11 is 5.19. The van der Waals surface area contributed by atoms with E-state index in [0.717, 1.165) is 23.0 Å². The molecule has 1 N–H and O–H groups in total. The number of hydrogen-bond acceptors (Lipinski definition) is 2. The standard InChI is InChI=1S/C14H19BrOS/c1-9-5-10(2)7-11(6-9)13(16)8-12-3-4-14(15)17-12/h3-5,9,11,13,16H,6-8H2,1-2H3. The van der Waals surface area contributed by atoms with Crippen LogP contribution in [0.1, 0.15) is 31.6 Å². The molecule has 0 fully saturated rings. The fourth-order valence-corrected chi connectivity index (χ4v) is 4.26. The van der Waals surface area contributed by atoms with E-state index in [-0.39, 0.29) is 6.10 Å². The van der Waals surface area contributed by atoms with E-state index in [1.807, 2.05) is 0 Å². The van der Waals surface area contributed by atoms with Gasteiger partial charge in [0.2, 0.25) is 0 Å². The molecule has 0 spiro atoms. The van der Waals surface area contributed by atoms with Crippen LogP contribution in [0.3, 0.4) is 0 Å². The number of aliphatic hydroxyl groups is 1. The van der Waals surface area contributed by atoms with Crippen LogP contribution >= 0.6 is 27.3 Å². The van der Waals surface area contributed by atoms with Crippen LogP contribution in [0.5, 0.6) is 0 Å². The van der Waals surface area contributed by atoms with E-state index in [0.29, 0.717) is 11.8 Å². The summed E-state index contributed by atoms with van der Waals surface area (Å²) in [4.78, 5) is 1.27. The molecule has 1 aliphatic rings. The molecule has 1 aromatic heterocycles. The van der Waals surface area contributed by atoms with Crippen LogP contribution in [0.2, 0.25) is 0 Å². The van der Waals surface area contributed by atoms with Gasteiger partial charge in [-0.15, -0.1) is 11.3 Å². The van der Waals surface area contributed by atoms with Gasteiger partial charge in [-0.05, 0) is 59.7 Å². The highest BCUT2D eigenvalue weighted by Gasteiger charge is 2.25. The average molecular weight is 315 g/mol. The Bertz CT molecular complexity index is 410. The zero-order valence-electron chi connectivity index (χ0n) is 10.3. The van der Waals surface area contributed by atoms with Crippen LogP contribution in [-0.4, -0.2) is 11.2 Å². The van der Waals surface area contributed by atoms with Gasteiger partial charge in [-0.3, -0.25) is 0 Å². The van der Waals surface area contributed by atoms with Gasteiger partial charge < -0.3 is 5.11 Å². The Morgan fingerprint density at radius 2 is 2.29 bits per heavy atom. The molecule has 0 aromatic carbocycles. The monoisotopic (exact) mass is 314 g/mol. The Labute approximate surface area is 116 Å². The fraction of sp³-hybridized carbons (Fsp3) is 0.571. The molecule has 3 atom stereocenters. The summed E-state index contributed by atoms with van der Waals surface area (Å²) in [6.45, 7) is 4.42. The molecular formula is C14H19BrOS. The van der Waals surface area contributed by atoms with Crippen molar-refractivity contribution in [3.05, 3.63) is 32.4 Å². The van der Waals surface area contributed by atoms with Gasteiger partial charge in [0.05, 0.1) is 9.89 Å². The van der Waals surface area contributed by atoms with Crippen molar-refractivity contribution in [2.45, 2.75) is 39.2 Å². The van der Waals surface area contributed by atoms with E-state index in [1.54, 1.807) is 11.3 Å². The largest absolute Gasteiger partial charge is 0.392 e. The van der Waals surface area contributed by atoms with E-state index >= 15 is 0 Å². The summed E-state index contributed by atoms with van der Waals surface area (Å²) in [5, 5.41) is 10.3. The minimum absolute atomic E-state index is 0.202. The van der Waals surface area contributed by atoms with E-state index in [9.17, 15) is 5.11 Å². The molecule has 1 nitrogen and oxygen atoms in total. The molecular weight excluding hydrogens is 296 g/mol. The molecule has 2 rings (SSSR count). The van der Waals surface area contributed by atoms with Crippen LogP contribution in [0.15, 0.2) is 27.6 Å². The maximum absolute atomic E-state index is 10.3. The SMILES string of the molecule is CC1=CC(C)CC(C(O)Cc2ccc(Br)s2)C1. The van der Waals surface area contributed by atoms with Gasteiger partial charge >= 0.3 is 0 Å². The number of rotatable bonds is 3. The molecule has 1 aromatic rings. The second kappa shape index (κ2) is 5.68. The third-order valence-corrected chi connectivity index (χ3v) is 5.06. The number of hydrogen-bond donors (Lipinski definition) is 1. The van der Waals surface area contributed by atoms with E-state index < -0.39 is 0 Å². The summed E-state index contributed by atoms with van der Waals surface area (Å²) in [6.07, 6.45) is 5.10. The second-order valence-electron chi connectivity index (χ2n) is 5.17. The van der Waals surface area contributed by atoms with Crippen LogP contribution in [-0.2, 0) is 6.42 Å². The first-order valence-corrected chi connectivity index (χ1v) is 7.75. The third-order valence-electron chi connectivity index (χ3n) is 3.41. The van der Waals surface area contributed by atoms with Crippen molar-refractivity contribution in [1.82, 2.24) is 0 Å². The summed E-state index contributed by atoms with van der Waals surface area (Å²) in [6, 6.07) is 4.16. The van der Waals surface area contributed by atoms with Crippen LogP contribution in [0.4, 0.5) is 0 Å². The minimum Gasteiger partial charge on any atom is -0.392 e. The maximum atomic E-state index is 10.3. The predicted octanol–water partition coefficient (Wildman–Crippen LogP) is 4.41. The fourth-order valence-electron chi connectivity index (χ4n) is 2.72. The summed E-state index contributed by atoms with van der Waals surface area (Å²) in [5.74, 6) is 1.04. The zero-order chi connectivity index (χ0) is 12.4. The number of allylic oxidation sites excluding steroid dienone is 2. The van der Waals surface area contributed by atoms with Gasteiger partial charge in [-0.1, -0.05) is 18.6 Å². The lowest BCUT2D eigenvalue weighted by Crippen LogP contribution is -2.26. The lowest BCUT2D eigenvalue weighted by molar-refractivity contribution is 0.0939. The molecule has 17 heavy (non-hydrogen) atoms. The molecule has 0 bridgehead atoms. The molecule has 1 aliphatic carbocycles. The number of halogens is 1. The molecule has 94 valence electrons. The minimum atomic E-state index is -0.202. The maximum Gasteiger partial charge on any atom is 0.0701 e. The first-order valence-electron chi connectivity index (χ1n) is 6.14. The lowest BCUT2D eigenvalue weighted by Gasteiger charge is -2.29. The second-order valence-corrected chi connectivity index (χ2v) is 7.72. The van der Waals surface area contributed by atoms with Gasteiger partial charge in [-0.25, -0.2) is 0 Å². The Hall–Kier alpha value is -0.120. The normalized spacial score (nSPS) is 26.7. The van der Waals surface area contributed by atoms with Crippen LogP contribution in [0, 0.1) is 11.8 Å². The topological polar surface area (TPSA) is 20.2 Å². The smallest absolute Gasteiger partial charge is 0.0701 e. The Kier molecular flexibility index (Phi) is 4.45. The quantitative estimate of drug-likeness (QED) is 0.819. The average Bonchev–Trinajstić information content (AvgIpc) is 2.62. The highest BCUT2D eigenvalue weighted by molar-refractivity contribution is 9.11. The predicted molar refractivity (Wildman–Crippen MR) is 77.4 cm³/mol. The summed E-state index contributed by atoms with van der Waals surface area (Å²) < 4.78 is 1.15. The van der Waals surface area contributed by atoms with E-state index in [2.05, 4.69) is 48.0 Å². The Morgan fingerprint density at radius 1 is 1.53 bits per heavy atom. The summed E-state index contributed by atoms with van der Waals surface area (Å²) in [7, 11) is 0. The van der Waals surface area contributed by atoms with Gasteiger partial charge in [0, 0.05) is 11.3 Å². The first-order chi connectivity index (χ1) is 8.04. The lowest BCUT2D eigenvalue weighted by atomic mass is 9.80. The van der Waals surface area contributed by atoms with E-state index in [4.69, 9.17) is 0 Å². The molecule has 0 amide bonds. The summed E-state index contributed by atoms with van der Waals surface area (Å²) in [5.41, 5.74) is 1.43. The molecule has 0 radical (unpaired) electrons. The van der Waals surface area contributed by atoms with Crippen molar-refractivity contribution in [3.8, 4) is 0 Å². The van der Waals surface area contributed by atoms with Crippen LogP contribution < -0.4 is 0 Å². The van der Waals surface area contributed by atoms with Crippen molar-refractivity contribution < 1.29 is 5.11 Å². The molecule has 3 unspecified atom stereocenters. The highest BCUT2D eigenvalue weighted by atomic mass is 79.9. The van der Waals surface area contributed by atoms with Gasteiger partial charge in [0.1, 0.15) is 0 Å². The Balaban J connectivity index is 1.96. The van der Waals surface area contributed by atoms with Crippen molar-refractivity contribution >= 4 is 27.3 Å². The van der Waals surface area contributed by atoms with Crippen molar-refractivity contribution in [1.29, 1.82) is 0 Å². The number of aliphatic hydroxyl groups excluding tert-OH is 1. The van der Waals surface area contributed by atoms with Crippen molar-refractivity contribution in [2.24, 2.45) is 11.8 Å². The molecule has 1 heterocycles. The van der Waals surface area contributed by atoms with Gasteiger partial charge in [0.15, 0.2) is 0 Å².